The van der Waals surface area contributed by atoms with E-state index >= 15 is 0 Å². The molecular weight excluding hydrogens is 420 g/mol. The molecule has 0 atom stereocenters. The summed E-state index contributed by atoms with van der Waals surface area (Å²) in [6.45, 7) is 0. The van der Waals surface area contributed by atoms with Gasteiger partial charge < -0.3 is 0 Å². The number of pyridine rings is 2. The number of rotatable bonds is 1. The first-order valence-electron chi connectivity index (χ1n) is 9.55. The lowest BCUT2D eigenvalue weighted by molar-refractivity contribution is 1.35. The molecule has 0 N–H and O–H groups in total. The molecule has 0 fully saturated rings. The third-order valence-corrected chi connectivity index (χ3v) is 5.96. The van der Waals surface area contributed by atoms with Crippen LogP contribution in [-0.4, -0.2) is 9.97 Å². The van der Waals surface area contributed by atoms with Crippen LogP contribution in [0.5, 0.6) is 0 Å². The van der Waals surface area contributed by atoms with Gasteiger partial charge in [0.25, 0.3) is 0 Å². The summed E-state index contributed by atoms with van der Waals surface area (Å²) >= 11 is 3.52. The lowest BCUT2D eigenvalue weighted by Crippen LogP contribution is -1.92. The summed E-state index contributed by atoms with van der Waals surface area (Å²) in [5.74, 6) is 0. The van der Waals surface area contributed by atoms with Gasteiger partial charge in [-0.15, -0.1) is 0 Å². The minimum Gasteiger partial charge on any atom is -0.245 e. The second-order valence-corrected chi connectivity index (χ2v) is 8.05. The Labute approximate surface area is 176 Å². The Kier molecular flexibility index (Phi) is 3.65. The van der Waals surface area contributed by atoms with Crippen molar-refractivity contribution in [3.05, 3.63) is 95.6 Å². The van der Waals surface area contributed by atoms with Crippen molar-refractivity contribution in [1.82, 2.24) is 9.97 Å². The molecule has 0 spiro atoms. The molecule has 0 amide bonds. The molecule has 2 heterocycles. The van der Waals surface area contributed by atoms with Gasteiger partial charge in [-0.1, -0.05) is 72.8 Å². The van der Waals surface area contributed by atoms with Gasteiger partial charge in [-0.25, -0.2) is 9.97 Å². The number of para-hydroxylation sites is 1. The standard InChI is InChI=1S/C26H15BrN2/c27-23-14-12-17-11-13-21-24(19-10-9-16-5-1-2-6-18(16)15-19)20-7-3-4-8-22(20)28-26(21)25(17)29-23/h1-15H. The molecule has 0 aliphatic rings. The van der Waals surface area contributed by atoms with Gasteiger partial charge in [-0.3, -0.25) is 0 Å². The molecule has 0 saturated carbocycles. The van der Waals surface area contributed by atoms with Crippen molar-refractivity contribution in [1.29, 1.82) is 0 Å². The second-order valence-electron chi connectivity index (χ2n) is 7.23. The summed E-state index contributed by atoms with van der Waals surface area (Å²) in [4.78, 5) is 9.76. The minimum atomic E-state index is 0.819. The van der Waals surface area contributed by atoms with Crippen LogP contribution in [0.3, 0.4) is 0 Å². The molecule has 6 aromatic rings. The topological polar surface area (TPSA) is 25.8 Å². The molecule has 0 aliphatic carbocycles. The molecule has 0 bridgehead atoms. The molecule has 4 aromatic carbocycles. The molecule has 136 valence electrons. The normalized spacial score (nSPS) is 11.6. The fraction of sp³-hybridized carbons (Fsp3) is 0. The van der Waals surface area contributed by atoms with Gasteiger partial charge in [0.1, 0.15) is 4.60 Å². The molecule has 0 radical (unpaired) electrons. The Hall–Kier alpha value is -3.30. The molecule has 2 nitrogen and oxygen atoms in total. The monoisotopic (exact) mass is 434 g/mol. The minimum absolute atomic E-state index is 0.819. The molecule has 2 aromatic heterocycles. The zero-order valence-electron chi connectivity index (χ0n) is 15.4. The Balaban J connectivity index is 1.81. The van der Waals surface area contributed by atoms with Crippen molar-refractivity contribution in [3.8, 4) is 11.1 Å². The van der Waals surface area contributed by atoms with Crippen LogP contribution in [0, 0.1) is 0 Å². The zero-order chi connectivity index (χ0) is 19.4. The number of fused-ring (bicyclic) bond motifs is 5. The van der Waals surface area contributed by atoms with Crippen molar-refractivity contribution < 1.29 is 0 Å². The lowest BCUT2D eigenvalue weighted by atomic mass is 9.93. The van der Waals surface area contributed by atoms with Gasteiger partial charge in [-0.2, -0.15) is 0 Å². The first-order valence-corrected chi connectivity index (χ1v) is 10.3. The summed E-state index contributed by atoms with van der Waals surface area (Å²) in [6, 6.07) is 31.9. The van der Waals surface area contributed by atoms with Crippen LogP contribution in [0.15, 0.2) is 95.6 Å². The highest BCUT2D eigenvalue weighted by molar-refractivity contribution is 9.10. The molecule has 3 heteroatoms. The van der Waals surface area contributed by atoms with Crippen molar-refractivity contribution in [2.24, 2.45) is 0 Å². The number of nitrogens with zero attached hydrogens (tertiary/aromatic N) is 2. The second kappa shape index (κ2) is 6.36. The maximum absolute atomic E-state index is 5.01. The third-order valence-electron chi connectivity index (χ3n) is 5.51. The summed E-state index contributed by atoms with van der Waals surface area (Å²) in [5.41, 5.74) is 5.24. The van der Waals surface area contributed by atoms with Gasteiger partial charge in [0.2, 0.25) is 0 Å². The van der Waals surface area contributed by atoms with Crippen molar-refractivity contribution in [3.63, 3.8) is 0 Å². The fourth-order valence-corrected chi connectivity index (χ4v) is 4.48. The maximum Gasteiger partial charge on any atom is 0.106 e. The Morgan fingerprint density at radius 2 is 1.31 bits per heavy atom. The average molecular weight is 435 g/mol. The number of benzene rings is 4. The predicted octanol–water partition coefficient (Wildman–Crippen LogP) is 7.52. The molecule has 0 aliphatic heterocycles. The van der Waals surface area contributed by atoms with Crippen molar-refractivity contribution in [2.75, 3.05) is 0 Å². The van der Waals surface area contributed by atoms with E-state index in [9.17, 15) is 0 Å². The number of hydrogen-bond acceptors (Lipinski definition) is 2. The van der Waals surface area contributed by atoms with E-state index in [-0.39, 0.29) is 0 Å². The molecular formula is C26H15BrN2. The fourth-order valence-electron chi connectivity index (χ4n) is 4.17. The van der Waals surface area contributed by atoms with E-state index in [4.69, 9.17) is 9.97 Å². The maximum atomic E-state index is 5.01. The number of hydrogen-bond donors (Lipinski definition) is 0. The zero-order valence-corrected chi connectivity index (χ0v) is 17.0. The van der Waals surface area contributed by atoms with E-state index in [0.717, 1.165) is 37.3 Å². The SMILES string of the molecule is Brc1ccc2ccc3c(-c4ccc5ccccc5c4)c4ccccc4nc3c2n1. The largest absolute Gasteiger partial charge is 0.245 e. The Morgan fingerprint density at radius 1 is 0.552 bits per heavy atom. The third kappa shape index (κ3) is 2.62. The van der Waals surface area contributed by atoms with Gasteiger partial charge in [0.15, 0.2) is 0 Å². The lowest BCUT2D eigenvalue weighted by Gasteiger charge is -2.13. The van der Waals surface area contributed by atoms with Crippen LogP contribution < -0.4 is 0 Å². The molecule has 6 rings (SSSR count). The first-order chi connectivity index (χ1) is 14.3. The van der Waals surface area contributed by atoms with E-state index in [1.165, 1.54) is 21.9 Å². The van der Waals surface area contributed by atoms with E-state index in [1.807, 2.05) is 12.1 Å². The summed E-state index contributed by atoms with van der Waals surface area (Å²) in [5, 5.41) is 5.85. The van der Waals surface area contributed by atoms with Crippen LogP contribution in [0.4, 0.5) is 0 Å². The van der Waals surface area contributed by atoms with Gasteiger partial charge in [0.05, 0.1) is 16.6 Å². The van der Waals surface area contributed by atoms with Crippen molar-refractivity contribution >= 4 is 59.4 Å². The average Bonchev–Trinajstić information content (AvgIpc) is 2.77. The van der Waals surface area contributed by atoms with E-state index in [0.29, 0.717) is 0 Å². The molecule has 29 heavy (non-hydrogen) atoms. The highest BCUT2D eigenvalue weighted by Crippen LogP contribution is 2.38. The van der Waals surface area contributed by atoms with Crippen LogP contribution >= 0.6 is 15.9 Å². The quantitative estimate of drug-likeness (QED) is 0.152. The molecule has 0 unspecified atom stereocenters. The highest BCUT2D eigenvalue weighted by Gasteiger charge is 2.14. The van der Waals surface area contributed by atoms with E-state index in [1.54, 1.807) is 0 Å². The summed E-state index contributed by atoms with van der Waals surface area (Å²) < 4.78 is 0.819. The van der Waals surface area contributed by atoms with Crippen molar-refractivity contribution in [2.45, 2.75) is 0 Å². The number of aromatic nitrogens is 2. The summed E-state index contributed by atoms with van der Waals surface area (Å²) in [6.07, 6.45) is 0. The van der Waals surface area contributed by atoms with E-state index in [2.05, 4.69) is 94.8 Å². The predicted molar refractivity (Wildman–Crippen MR) is 125 cm³/mol. The Bertz CT molecular complexity index is 1570. The summed E-state index contributed by atoms with van der Waals surface area (Å²) in [7, 11) is 0. The van der Waals surface area contributed by atoms with Gasteiger partial charge in [-0.05, 0) is 50.5 Å². The van der Waals surface area contributed by atoms with E-state index < -0.39 is 0 Å². The van der Waals surface area contributed by atoms with Crippen LogP contribution in [-0.2, 0) is 0 Å². The molecule has 0 saturated heterocycles. The van der Waals surface area contributed by atoms with Gasteiger partial charge >= 0.3 is 0 Å². The first kappa shape index (κ1) is 16.6. The highest BCUT2D eigenvalue weighted by atomic mass is 79.9. The Morgan fingerprint density at radius 3 is 2.24 bits per heavy atom. The van der Waals surface area contributed by atoms with Crippen LogP contribution in [0.25, 0.3) is 54.6 Å². The smallest absolute Gasteiger partial charge is 0.106 e. The van der Waals surface area contributed by atoms with Gasteiger partial charge in [0, 0.05) is 21.7 Å². The number of halogens is 1. The van der Waals surface area contributed by atoms with Crippen LogP contribution in [0.1, 0.15) is 0 Å². The van der Waals surface area contributed by atoms with Crippen LogP contribution in [0.2, 0.25) is 0 Å².